The summed E-state index contributed by atoms with van der Waals surface area (Å²) in [4.78, 5) is 16.1. The lowest BCUT2D eigenvalue weighted by atomic mass is 10.0. The molecule has 3 rings (SSSR count). The van der Waals surface area contributed by atoms with E-state index in [1.807, 2.05) is 18.2 Å². The Morgan fingerprint density at radius 3 is 2.56 bits per heavy atom. The summed E-state index contributed by atoms with van der Waals surface area (Å²) >= 11 is 0. The summed E-state index contributed by atoms with van der Waals surface area (Å²) in [5, 5.41) is 4.68. The van der Waals surface area contributed by atoms with Gasteiger partial charge in [-0.3, -0.25) is 4.79 Å². The zero-order valence-electron chi connectivity index (χ0n) is 14.9. The van der Waals surface area contributed by atoms with Crippen LogP contribution >= 0.6 is 0 Å². The number of nitrogens with one attached hydrogen (secondary N) is 1. The average molecular weight is 332 g/mol. The number of carbonyl (C=O) groups is 1. The Kier molecular flexibility index (Phi) is 5.56. The van der Waals surface area contributed by atoms with Crippen molar-refractivity contribution >= 4 is 16.7 Å². The third-order valence-electron chi connectivity index (χ3n) is 4.25. The van der Waals surface area contributed by atoms with Crippen LogP contribution in [0.1, 0.15) is 31.4 Å². The molecule has 1 aromatic heterocycles. The van der Waals surface area contributed by atoms with E-state index in [0.717, 1.165) is 41.8 Å². The van der Waals surface area contributed by atoms with Crippen molar-refractivity contribution in [2.45, 2.75) is 33.2 Å². The third kappa shape index (κ3) is 4.31. The molecule has 1 N–H and O–H groups in total. The monoisotopic (exact) mass is 332 g/mol. The molecule has 0 aliphatic rings. The zero-order chi connectivity index (χ0) is 17.6. The molecule has 128 valence electrons. The van der Waals surface area contributed by atoms with Gasteiger partial charge in [-0.2, -0.15) is 0 Å². The molecule has 0 radical (unpaired) electrons. The van der Waals surface area contributed by atoms with E-state index < -0.39 is 0 Å². The van der Waals surface area contributed by atoms with Gasteiger partial charge in [-0.25, -0.2) is 4.98 Å². The minimum atomic E-state index is 0.181. The first-order chi connectivity index (χ1) is 12.2. The number of ketones is 1. The standard InChI is InChI=1S/C22H24N2O/c1-3-12-23-15-19-14-22(24-21-7-5-4-6-20(19)21)18-10-8-17(9-11-18)13-16(2)25/h4-11,14,23H,3,12-13,15H2,1-2H3. The van der Waals surface area contributed by atoms with Crippen LogP contribution in [0, 0.1) is 0 Å². The lowest BCUT2D eigenvalue weighted by Crippen LogP contribution is -2.14. The van der Waals surface area contributed by atoms with E-state index in [1.165, 1.54) is 10.9 Å². The molecule has 0 saturated carbocycles. The van der Waals surface area contributed by atoms with Crippen LogP contribution in [0.2, 0.25) is 0 Å². The molecule has 0 spiro atoms. The zero-order valence-corrected chi connectivity index (χ0v) is 14.9. The molecule has 0 aliphatic heterocycles. The highest BCUT2D eigenvalue weighted by Gasteiger charge is 2.08. The lowest BCUT2D eigenvalue weighted by molar-refractivity contribution is -0.116. The molecule has 0 atom stereocenters. The fraction of sp³-hybridized carbons (Fsp3) is 0.273. The van der Waals surface area contributed by atoms with Gasteiger partial charge < -0.3 is 5.32 Å². The Labute approximate surface area is 149 Å². The number of pyridine rings is 1. The van der Waals surface area contributed by atoms with Crippen LogP contribution in [-0.2, 0) is 17.8 Å². The topological polar surface area (TPSA) is 42.0 Å². The van der Waals surface area contributed by atoms with Crippen LogP contribution in [0.4, 0.5) is 0 Å². The minimum absolute atomic E-state index is 0.181. The first-order valence-corrected chi connectivity index (χ1v) is 8.85. The molecular weight excluding hydrogens is 308 g/mol. The van der Waals surface area contributed by atoms with Crippen LogP contribution < -0.4 is 5.32 Å². The van der Waals surface area contributed by atoms with Crippen molar-refractivity contribution in [3.63, 3.8) is 0 Å². The predicted octanol–water partition coefficient (Wildman–Crippen LogP) is 4.53. The van der Waals surface area contributed by atoms with Crippen LogP contribution in [0.15, 0.2) is 54.6 Å². The summed E-state index contributed by atoms with van der Waals surface area (Å²) in [7, 11) is 0. The van der Waals surface area contributed by atoms with E-state index in [0.29, 0.717) is 6.42 Å². The lowest BCUT2D eigenvalue weighted by Gasteiger charge is -2.11. The molecule has 3 nitrogen and oxygen atoms in total. The number of para-hydroxylation sites is 1. The Bertz CT molecular complexity index is 869. The second-order valence-corrected chi connectivity index (χ2v) is 6.44. The van der Waals surface area contributed by atoms with Gasteiger partial charge in [0.1, 0.15) is 5.78 Å². The van der Waals surface area contributed by atoms with Crippen LogP contribution in [0.5, 0.6) is 0 Å². The number of fused-ring (bicyclic) bond motifs is 1. The van der Waals surface area contributed by atoms with Crippen molar-refractivity contribution < 1.29 is 4.79 Å². The molecule has 0 unspecified atom stereocenters. The van der Waals surface area contributed by atoms with Crippen molar-refractivity contribution in [2.75, 3.05) is 6.54 Å². The fourth-order valence-corrected chi connectivity index (χ4v) is 3.02. The van der Waals surface area contributed by atoms with Crippen LogP contribution in [0.25, 0.3) is 22.2 Å². The molecule has 0 amide bonds. The molecule has 0 bridgehead atoms. The highest BCUT2D eigenvalue weighted by atomic mass is 16.1. The average Bonchev–Trinajstić information content (AvgIpc) is 2.62. The van der Waals surface area contributed by atoms with Crippen molar-refractivity contribution in [2.24, 2.45) is 0 Å². The first kappa shape index (κ1) is 17.3. The molecule has 0 fully saturated rings. The van der Waals surface area contributed by atoms with Crippen molar-refractivity contribution in [3.8, 4) is 11.3 Å². The van der Waals surface area contributed by atoms with E-state index in [4.69, 9.17) is 4.98 Å². The minimum Gasteiger partial charge on any atom is -0.313 e. The number of benzene rings is 2. The van der Waals surface area contributed by atoms with Gasteiger partial charge in [0.25, 0.3) is 0 Å². The second kappa shape index (κ2) is 8.04. The quantitative estimate of drug-likeness (QED) is 0.646. The Balaban J connectivity index is 1.96. The van der Waals surface area contributed by atoms with E-state index in [2.05, 4.69) is 48.6 Å². The maximum Gasteiger partial charge on any atom is 0.134 e. The number of carbonyl (C=O) groups excluding carboxylic acids is 1. The van der Waals surface area contributed by atoms with Gasteiger partial charge in [0.05, 0.1) is 11.2 Å². The summed E-state index contributed by atoms with van der Waals surface area (Å²) in [5.74, 6) is 0.181. The van der Waals surface area contributed by atoms with Gasteiger partial charge in [0.2, 0.25) is 0 Å². The summed E-state index contributed by atoms with van der Waals surface area (Å²) in [6, 6.07) is 18.6. The van der Waals surface area contributed by atoms with Gasteiger partial charge in [-0.05, 0) is 43.1 Å². The molecule has 0 saturated heterocycles. The van der Waals surface area contributed by atoms with Gasteiger partial charge >= 0.3 is 0 Å². The maximum atomic E-state index is 11.3. The first-order valence-electron chi connectivity index (χ1n) is 8.85. The number of Topliss-reactive ketones (excluding diaryl/α,β-unsaturated/α-hetero) is 1. The van der Waals surface area contributed by atoms with E-state index in [9.17, 15) is 4.79 Å². The highest BCUT2D eigenvalue weighted by molar-refractivity contribution is 5.85. The fourth-order valence-electron chi connectivity index (χ4n) is 3.02. The normalized spacial score (nSPS) is 11.0. The summed E-state index contributed by atoms with van der Waals surface area (Å²) in [6.07, 6.45) is 1.60. The predicted molar refractivity (Wildman–Crippen MR) is 104 cm³/mol. The van der Waals surface area contributed by atoms with Gasteiger partial charge in [-0.1, -0.05) is 49.4 Å². The van der Waals surface area contributed by atoms with Crippen molar-refractivity contribution in [3.05, 3.63) is 65.7 Å². The molecule has 3 heteroatoms. The van der Waals surface area contributed by atoms with E-state index in [1.54, 1.807) is 6.92 Å². The SMILES string of the molecule is CCCNCc1cc(-c2ccc(CC(C)=O)cc2)nc2ccccc12. The summed E-state index contributed by atoms with van der Waals surface area (Å²) in [6.45, 7) is 5.64. The number of nitrogens with zero attached hydrogens (tertiary/aromatic N) is 1. The number of hydrogen-bond donors (Lipinski definition) is 1. The van der Waals surface area contributed by atoms with E-state index >= 15 is 0 Å². The molecule has 0 aliphatic carbocycles. The summed E-state index contributed by atoms with van der Waals surface area (Å²) < 4.78 is 0. The highest BCUT2D eigenvalue weighted by Crippen LogP contribution is 2.25. The largest absolute Gasteiger partial charge is 0.313 e. The summed E-state index contributed by atoms with van der Waals surface area (Å²) in [5.41, 5.74) is 5.38. The maximum absolute atomic E-state index is 11.3. The van der Waals surface area contributed by atoms with Gasteiger partial charge in [0, 0.05) is 23.9 Å². The second-order valence-electron chi connectivity index (χ2n) is 6.44. The molecule has 25 heavy (non-hydrogen) atoms. The van der Waals surface area contributed by atoms with Gasteiger partial charge in [-0.15, -0.1) is 0 Å². The van der Waals surface area contributed by atoms with E-state index in [-0.39, 0.29) is 5.78 Å². The molecule has 1 heterocycles. The molecule has 2 aromatic carbocycles. The Morgan fingerprint density at radius 1 is 1.08 bits per heavy atom. The number of rotatable bonds is 7. The van der Waals surface area contributed by atoms with Crippen molar-refractivity contribution in [1.82, 2.24) is 10.3 Å². The molecular formula is C22H24N2O. The molecule has 3 aromatic rings. The Morgan fingerprint density at radius 2 is 1.84 bits per heavy atom. The third-order valence-corrected chi connectivity index (χ3v) is 4.25. The van der Waals surface area contributed by atoms with Crippen LogP contribution in [-0.4, -0.2) is 17.3 Å². The Hall–Kier alpha value is -2.52. The van der Waals surface area contributed by atoms with Crippen LogP contribution in [0.3, 0.4) is 0 Å². The van der Waals surface area contributed by atoms with Crippen molar-refractivity contribution in [1.29, 1.82) is 0 Å². The smallest absolute Gasteiger partial charge is 0.134 e. The number of aromatic nitrogens is 1. The van der Waals surface area contributed by atoms with Gasteiger partial charge in [0.15, 0.2) is 0 Å². The number of hydrogen-bond acceptors (Lipinski definition) is 3.